The van der Waals surface area contributed by atoms with Gasteiger partial charge in [0.05, 0.1) is 11.1 Å². The van der Waals surface area contributed by atoms with Crippen molar-refractivity contribution < 1.29 is 4.52 Å². The van der Waals surface area contributed by atoms with E-state index in [9.17, 15) is 0 Å². The fourth-order valence-corrected chi connectivity index (χ4v) is 4.79. The van der Waals surface area contributed by atoms with Gasteiger partial charge in [0.2, 0.25) is 5.82 Å². The van der Waals surface area contributed by atoms with Gasteiger partial charge in [0.15, 0.2) is 0 Å². The standard InChI is InChI=1S/C28H24ClN5O/c1-19-6-4-7-20(16-19)27-31-28(35-32-27)24-18-26(30-25-11-3-2-10-23(24)25)34-14-12-33(13-15-34)22-9-5-8-21(29)17-22/h2-11,16-18H,12-15H2,1H3. The molecule has 3 aromatic carbocycles. The molecular formula is C28H24ClN5O. The molecule has 0 unspecified atom stereocenters. The van der Waals surface area contributed by atoms with Crippen molar-refractivity contribution in [2.45, 2.75) is 6.92 Å². The molecule has 1 aliphatic rings. The Kier molecular flexibility index (Phi) is 5.58. The van der Waals surface area contributed by atoms with E-state index in [0.717, 1.165) is 70.3 Å². The Morgan fingerprint density at radius 1 is 0.800 bits per heavy atom. The third-order valence-electron chi connectivity index (χ3n) is 6.41. The van der Waals surface area contributed by atoms with Crippen LogP contribution < -0.4 is 9.80 Å². The molecule has 1 fully saturated rings. The molecule has 6 rings (SSSR count). The Hall–Kier alpha value is -3.90. The molecule has 1 aliphatic heterocycles. The van der Waals surface area contributed by atoms with Crippen LogP contribution in [0, 0.1) is 6.92 Å². The highest BCUT2D eigenvalue weighted by Crippen LogP contribution is 2.32. The number of aromatic nitrogens is 3. The third kappa shape index (κ3) is 4.33. The maximum atomic E-state index is 6.20. The summed E-state index contributed by atoms with van der Waals surface area (Å²) in [7, 11) is 0. The number of piperazine rings is 1. The number of rotatable bonds is 4. The SMILES string of the molecule is Cc1cccc(-c2noc(-c3cc(N4CCN(c5cccc(Cl)c5)CC4)nc4ccccc34)n2)c1. The van der Waals surface area contributed by atoms with E-state index in [-0.39, 0.29) is 0 Å². The summed E-state index contributed by atoms with van der Waals surface area (Å²) in [4.78, 5) is 14.4. The van der Waals surface area contributed by atoms with Gasteiger partial charge in [-0.2, -0.15) is 4.98 Å². The lowest BCUT2D eigenvalue weighted by Crippen LogP contribution is -2.46. The number of hydrogen-bond donors (Lipinski definition) is 0. The highest BCUT2D eigenvalue weighted by atomic mass is 35.5. The van der Waals surface area contributed by atoms with Crippen molar-refractivity contribution >= 4 is 34.0 Å². The van der Waals surface area contributed by atoms with E-state index >= 15 is 0 Å². The average molecular weight is 482 g/mol. The molecule has 3 heterocycles. The van der Waals surface area contributed by atoms with Crippen LogP contribution in [0.15, 0.2) is 83.4 Å². The van der Waals surface area contributed by atoms with Crippen molar-refractivity contribution in [1.82, 2.24) is 15.1 Å². The Balaban J connectivity index is 1.32. The molecule has 1 saturated heterocycles. The van der Waals surface area contributed by atoms with Gasteiger partial charge in [-0.25, -0.2) is 4.98 Å². The summed E-state index contributed by atoms with van der Waals surface area (Å²) in [6.45, 7) is 5.55. The molecule has 35 heavy (non-hydrogen) atoms. The number of fused-ring (bicyclic) bond motifs is 1. The normalized spacial score (nSPS) is 14.0. The van der Waals surface area contributed by atoms with Crippen molar-refractivity contribution in [2.75, 3.05) is 36.0 Å². The first kappa shape index (κ1) is 21.6. The lowest BCUT2D eigenvalue weighted by molar-refractivity contribution is 0.432. The summed E-state index contributed by atoms with van der Waals surface area (Å²) in [5.74, 6) is 2.00. The van der Waals surface area contributed by atoms with Gasteiger partial charge in [0, 0.05) is 47.8 Å². The molecule has 0 atom stereocenters. The first-order valence-electron chi connectivity index (χ1n) is 11.7. The van der Waals surface area contributed by atoms with Gasteiger partial charge in [-0.15, -0.1) is 0 Å². The fraction of sp³-hybridized carbons (Fsp3) is 0.179. The van der Waals surface area contributed by atoms with E-state index in [1.165, 1.54) is 0 Å². The van der Waals surface area contributed by atoms with Crippen molar-refractivity contribution in [2.24, 2.45) is 0 Å². The maximum Gasteiger partial charge on any atom is 0.259 e. The van der Waals surface area contributed by atoms with E-state index in [1.807, 2.05) is 48.5 Å². The van der Waals surface area contributed by atoms with Gasteiger partial charge in [0.1, 0.15) is 5.82 Å². The molecule has 0 radical (unpaired) electrons. The minimum atomic E-state index is 0.499. The smallest absolute Gasteiger partial charge is 0.259 e. The highest BCUT2D eigenvalue weighted by Gasteiger charge is 2.22. The number of hydrogen-bond acceptors (Lipinski definition) is 6. The summed E-state index contributed by atoms with van der Waals surface area (Å²) in [5, 5.41) is 6.02. The molecule has 2 aromatic heterocycles. The van der Waals surface area contributed by atoms with E-state index in [4.69, 9.17) is 26.1 Å². The zero-order chi connectivity index (χ0) is 23.8. The lowest BCUT2D eigenvalue weighted by atomic mass is 10.1. The van der Waals surface area contributed by atoms with Crippen LogP contribution in [-0.2, 0) is 0 Å². The second-order valence-electron chi connectivity index (χ2n) is 8.79. The summed E-state index contributed by atoms with van der Waals surface area (Å²) in [6.07, 6.45) is 0. The second kappa shape index (κ2) is 9.04. The number of aryl methyl sites for hydroxylation is 1. The highest BCUT2D eigenvalue weighted by molar-refractivity contribution is 6.30. The van der Waals surface area contributed by atoms with Crippen LogP contribution in [0.1, 0.15) is 5.56 Å². The number of anilines is 2. The number of nitrogens with zero attached hydrogens (tertiary/aromatic N) is 5. The second-order valence-corrected chi connectivity index (χ2v) is 9.23. The molecule has 0 bridgehead atoms. The number of para-hydroxylation sites is 1. The van der Waals surface area contributed by atoms with Crippen LogP contribution >= 0.6 is 11.6 Å². The lowest BCUT2D eigenvalue weighted by Gasteiger charge is -2.37. The zero-order valence-electron chi connectivity index (χ0n) is 19.4. The van der Waals surface area contributed by atoms with E-state index in [2.05, 4.69) is 52.2 Å². The molecule has 0 aliphatic carbocycles. The molecule has 7 heteroatoms. The van der Waals surface area contributed by atoms with Crippen molar-refractivity contribution in [1.29, 1.82) is 0 Å². The van der Waals surface area contributed by atoms with Crippen LogP contribution in [0.2, 0.25) is 5.02 Å². The average Bonchev–Trinajstić information content (AvgIpc) is 3.38. The molecule has 5 aromatic rings. The Morgan fingerprint density at radius 2 is 1.60 bits per heavy atom. The van der Waals surface area contributed by atoms with E-state index in [0.29, 0.717) is 11.7 Å². The maximum absolute atomic E-state index is 6.20. The van der Waals surface area contributed by atoms with Gasteiger partial charge in [0.25, 0.3) is 5.89 Å². The fourth-order valence-electron chi connectivity index (χ4n) is 4.60. The summed E-state index contributed by atoms with van der Waals surface area (Å²) in [6, 6.07) is 26.3. The molecule has 6 nitrogen and oxygen atoms in total. The Labute approximate surface area is 208 Å². The number of benzene rings is 3. The predicted octanol–water partition coefficient (Wildman–Crippen LogP) is 6.24. The summed E-state index contributed by atoms with van der Waals surface area (Å²) < 4.78 is 5.75. The van der Waals surface area contributed by atoms with Gasteiger partial charge in [-0.05, 0) is 43.3 Å². The van der Waals surface area contributed by atoms with Crippen LogP contribution in [0.4, 0.5) is 11.5 Å². The first-order valence-corrected chi connectivity index (χ1v) is 12.1. The molecule has 0 N–H and O–H groups in total. The molecular weight excluding hydrogens is 458 g/mol. The van der Waals surface area contributed by atoms with Crippen molar-refractivity contribution in [3.63, 3.8) is 0 Å². The predicted molar refractivity (Wildman–Crippen MR) is 141 cm³/mol. The molecule has 0 spiro atoms. The molecule has 0 saturated carbocycles. The minimum Gasteiger partial charge on any atom is -0.368 e. The summed E-state index contributed by atoms with van der Waals surface area (Å²) >= 11 is 6.20. The van der Waals surface area contributed by atoms with Gasteiger partial charge >= 0.3 is 0 Å². The summed E-state index contributed by atoms with van der Waals surface area (Å²) in [5.41, 5.74) is 5.05. The van der Waals surface area contributed by atoms with Crippen molar-refractivity contribution in [3.8, 4) is 22.8 Å². The van der Waals surface area contributed by atoms with Crippen molar-refractivity contribution in [3.05, 3.63) is 89.4 Å². The van der Waals surface area contributed by atoms with E-state index in [1.54, 1.807) is 0 Å². The third-order valence-corrected chi connectivity index (χ3v) is 6.65. The molecule has 0 amide bonds. The van der Waals surface area contributed by atoms with Gasteiger partial charge in [-0.3, -0.25) is 0 Å². The van der Waals surface area contributed by atoms with Gasteiger partial charge in [-0.1, -0.05) is 64.8 Å². The Morgan fingerprint density at radius 3 is 2.43 bits per heavy atom. The van der Waals surface area contributed by atoms with Crippen LogP contribution in [0.5, 0.6) is 0 Å². The quantitative estimate of drug-likeness (QED) is 0.303. The van der Waals surface area contributed by atoms with Crippen LogP contribution in [0.25, 0.3) is 33.7 Å². The van der Waals surface area contributed by atoms with Gasteiger partial charge < -0.3 is 14.3 Å². The van der Waals surface area contributed by atoms with Crippen LogP contribution in [-0.4, -0.2) is 41.3 Å². The minimum absolute atomic E-state index is 0.499. The largest absolute Gasteiger partial charge is 0.368 e. The molecule has 174 valence electrons. The first-order chi connectivity index (χ1) is 17.1. The van der Waals surface area contributed by atoms with E-state index < -0.39 is 0 Å². The zero-order valence-corrected chi connectivity index (χ0v) is 20.1. The van der Waals surface area contributed by atoms with Crippen LogP contribution in [0.3, 0.4) is 0 Å². The number of pyridine rings is 1. The number of halogens is 1. The Bertz CT molecular complexity index is 1510. The topological polar surface area (TPSA) is 58.3 Å². The monoisotopic (exact) mass is 481 g/mol.